The van der Waals surface area contributed by atoms with Gasteiger partial charge in [-0.05, 0) is 188 Å². The number of hydrogen-bond donors (Lipinski definition) is 0. The second-order valence-electron chi connectivity index (χ2n) is 20.1. The van der Waals surface area contributed by atoms with Crippen molar-refractivity contribution in [3.63, 3.8) is 0 Å². The van der Waals surface area contributed by atoms with E-state index in [-0.39, 0.29) is 10.8 Å². The molecule has 0 nitrogen and oxygen atoms in total. The summed E-state index contributed by atoms with van der Waals surface area (Å²) < 4.78 is 0. The summed E-state index contributed by atoms with van der Waals surface area (Å²) in [6, 6.07) is 77.2. The molecule has 0 saturated heterocycles. The predicted octanol–water partition coefficient (Wildman–Crippen LogP) is 19.7. The molecule has 0 N–H and O–H groups in total. The highest BCUT2D eigenvalue weighted by Gasteiger charge is 2.42. The molecular formula is C70H58. The second kappa shape index (κ2) is 16.3. The summed E-state index contributed by atoms with van der Waals surface area (Å²) in [6.45, 7) is 11.8. The maximum absolute atomic E-state index is 2.59. The maximum Gasteiger partial charge on any atom is 0.0210 e. The Kier molecular flexibility index (Phi) is 9.90. The van der Waals surface area contributed by atoms with Gasteiger partial charge in [0.25, 0.3) is 0 Å². The monoisotopic (exact) mass is 898 g/mol. The standard InChI is InChI=1S/C70H58/c1-6-44-31-33-45(34-32-44)65-53-22-11-15-26-57(53)67(58-27-16-12-23-54(58)65)68-59-28-17-13-24-55(59)66(56-25-14-18-29-60(56)68)48-37-40-52-51-39-36-47(42-63(51)70(9-4,10-5)64(52)43-48)46-35-38-50-49-21-19-20-30-61(49)69(7-2,8-3)62(50)41-46/h11-43H,6-10H2,1-5H3. The molecule has 0 spiro atoms. The second-order valence-corrected chi connectivity index (χ2v) is 20.1. The van der Waals surface area contributed by atoms with Gasteiger partial charge in [0.15, 0.2) is 0 Å². The van der Waals surface area contributed by atoms with Crippen molar-refractivity contribution in [3.05, 3.63) is 228 Å². The van der Waals surface area contributed by atoms with Crippen LogP contribution in [0.3, 0.4) is 0 Å². The summed E-state index contributed by atoms with van der Waals surface area (Å²) in [5.41, 5.74) is 23.2. The van der Waals surface area contributed by atoms with E-state index in [4.69, 9.17) is 0 Å². The summed E-state index contributed by atoms with van der Waals surface area (Å²) >= 11 is 0. The lowest BCUT2D eigenvalue weighted by atomic mass is 9.72. The Hall–Kier alpha value is -7.54. The highest BCUT2D eigenvalue weighted by molar-refractivity contribution is 6.30. The molecule has 0 atom stereocenters. The fraction of sp³-hybridized carbons (Fsp3) is 0.171. The highest BCUT2D eigenvalue weighted by atomic mass is 14.5. The molecule has 0 aromatic heterocycles. The van der Waals surface area contributed by atoms with Crippen molar-refractivity contribution in [2.24, 2.45) is 0 Å². The number of aryl methyl sites for hydroxylation is 1. The van der Waals surface area contributed by atoms with Crippen LogP contribution >= 0.6 is 0 Å². The number of hydrogen-bond acceptors (Lipinski definition) is 0. The van der Waals surface area contributed by atoms with Crippen molar-refractivity contribution in [2.75, 3.05) is 0 Å². The van der Waals surface area contributed by atoms with Gasteiger partial charge in [-0.15, -0.1) is 0 Å². The van der Waals surface area contributed by atoms with Crippen LogP contribution in [0, 0.1) is 0 Å². The van der Waals surface area contributed by atoms with E-state index in [1.54, 1.807) is 0 Å². The molecule has 0 amide bonds. The van der Waals surface area contributed by atoms with Gasteiger partial charge in [-0.25, -0.2) is 0 Å². The van der Waals surface area contributed by atoms with Crippen LogP contribution in [0.2, 0.25) is 0 Å². The van der Waals surface area contributed by atoms with E-state index in [0.717, 1.165) is 32.1 Å². The average molecular weight is 899 g/mol. The van der Waals surface area contributed by atoms with Gasteiger partial charge >= 0.3 is 0 Å². The highest BCUT2D eigenvalue weighted by Crippen LogP contribution is 2.57. The molecule has 0 fully saturated rings. The van der Waals surface area contributed by atoms with Crippen molar-refractivity contribution in [3.8, 4) is 66.8 Å². The molecule has 338 valence electrons. The molecule has 0 aliphatic heterocycles. The normalized spacial score (nSPS) is 14.0. The van der Waals surface area contributed by atoms with Gasteiger partial charge in [-0.2, -0.15) is 0 Å². The summed E-state index contributed by atoms with van der Waals surface area (Å²) in [5.74, 6) is 0. The molecule has 0 unspecified atom stereocenters. The number of benzene rings is 11. The van der Waals surface area contributed by atoms with Crippen LogP contribution < -0.4 is 0 Å². The summed E-state index contributed by atoms with van der Waals surface area (Å²) in [4.78, 5) is 0. The first-order valence-electron chi connectivity index (χ1n) is 26.0. The quantitative estimate of drug-likeness (QED) is 0.127. The van der Waals surface area contributed by atoms with E-state index in [9.17, 15) is 0 Å². The van der Waals surface area contributed by atoms with Gasteiger partial charge < -0.3 is 0 Å². The first kappa shape index (κ1) is 42.6. The third-order valence-electron chi connectivity index (χ3n) is 17.4. The predicted molar refractivity (Wildman–Crippen MR) is 301 cm³/mol. The average Bonchev–Trinajstić information content (AvgIpc) is 3.87. The Morgan fingerprint density at radius 2 is 0.557 bits per heavy atom. The topological polar surface area (TPSA) is 0 Å². The van der Waals surface area contributed by atoms with Crippen molar-refractivity contribution < 1.29 is 0 Å². The van der Waals surface area contributed by atoms with Crippen LogP contribution in [-0.4, -0.2) is 0 Å². The van der Waals surface area contributed by atoms with Crippen molar-refractivity contribution in [2.45, 2.75) is 77.6 Å². The van der Waals surface area contributed by atoms with Crippen LogP contribution in [0.25, 0.3) is 110 Å². The van der Waals surface area contributed by atoms with E-state index in [0.29, 0.717) is 0 Å². The minimum Gasteiger partial charge on any atom is -0.0642 e. The molecule has 2 aliphatic carbocycles. The fourth-order valence-electron chi connectivity index (χ4n) is 13.8. The molecule has 13 rings (SSSR count). The van der Waals surface area contributed by atoms with Crippen LogP contribution in [0.5, 0.6) is 0 Å². The maximum atomic E-state index is 2.59. The summed E-state index contributed by atoms with van der Waals surface area (Å²) in [5, 5.41) is 10.3. The Labute approximate surface area is 413 Å². The molecule has 2 aliphatic rings. The van der Waals surface area contributed by atoms with Gasteiger partial charge in [0.2, 0.25) is 0 Å². The zero-order valence-electron chi connectivity index (χ0n) is 41.1. The number of rotatable bonds is 9. The van der Waals surface area contributed by atoms with Crippen LogP contribution in [0.4, 0.5) is 0 Å². The third-order valence-corrected chi connectivity index (χ3v) is 17.4. The van der Waals surface area contributed by atoms with Crippen molar-refractivity contribution in [1.29, 1.82) is 0 Å². The molecule has 0 saturated carbocycles. The third kappa shape index (κ3) is 5.89. The molecule has 0 radical (unpaired) electrons. The van der Waals surface area contributed by atoms with E-state index in [1.165, 1.54) is 138 Å². The molecule has 11 aromatic carbocycles. The van der Waals surface area contributed by atoms with Gasteiger partial charge in [0.1, 0.15) is 0 Å². The lowest BCUT2D eigenvalue weighted by Crippen LogP contribution is -2.23. The first-order valence-corrected chi connectivity index (χ1v) is 26.0. The van der Waals surface area contributed by atoms with Crippen LogP contribution in [-0.2, 0) is 17.3 Å². The van der Waals surface area contributed by atoms with E-state index in [1.807, 2.05) is 0 Å². The minimum atomic E-state index is -0.109. The SMILES string of the molecule is CCc1ccc(-c2c3ccccc3c(-c3c4ccccc4c(-c4ccc5c(c4)C(CC)(CC)c4cc(-c6ccc7c(c6)C(CC)(CC)c6ccccc6-7)ccc4-5)c4ccccc34)c3ccccc23)cc1. The van der Waals surface area contributed by atoms with Crippen molar-refractivity contribution in [1.82, 2.24) is 0 Å². The molecule has 70 heavy (non-hydrogen) atoms. The molecular weight excluding hydrogens is 841 g/mol. The lowest BCUT2D eigenvalue weighted by Gasteiger charge is -2.31. The van der Waals surface area contributed by atoms with Crippen LogP contribution in [0.15, 0.2) is 200 Å². The Morgan fingerprint density at radius 1 is 0.257 bits per heavy atom. The summed E-state index contributed by atoms with van der Waals surface area (Å²) in [6.07, 6.45) is 5.28. The van der Waals surface area contributed by atoms with Gasteiger partial charge in [0.05, 0.1) is 0 Å². The Balaban J connectivity index is 0.990. The zero-order chi connectivity index (χ0) is 47.3. The first-order chi connectivity index (χ1) is 34.5. The van der Waals surface area contributed by atoms with Crippen LogP contribution in [0.1, 0.15) is 88.1 Å². The minimum absolute atomic E-state index is 0.0437. The molecule has 11 aromatic rings. The number of fused-ring (bicyclic) bond motifs is 10. The van der Waals surface area contributed by atoms with Gasteiger partial charge in [-0.1, -0.05) is 217 Å². The largest absolute Gasteiger partial charge is 0.0642 e. The van der Waals surface area contributed by atoms with Crippen molar-refractivity contribution >= 4 is 43.1 Å². The van der Waals surface area contributed by atoms with E-state index in [2.05, 4.69) is 235 Å². The zero-order valence-corrected chi connectivity index (χ0v) is 41.1. The molecule has 0 heterocycles. The molecule has 0 heteroatoms. The van der Waals surface area contributed by atoms with E-state index < -0.39 is 0 Å². The molecule has 0 bridgehead atoms. The Bertz CT molecular complexity index is 3790. The smallest absolute Gasteiger partial charge is 0.0210 e. The summed E-state index contributed by atoms with van der Waals surface area (Å²) in [7, 11) is 0. The Morgan fingerprint density at radius 3 is 0.957 bits per heavy atom. The lowest BCUT2D eigenvalue weighted by molar-refractivity contribution is 0.490. The van der Waals surface area contributed by atoms with E-state index >= 15 is 0 Å². The van der Waals surface area contributed by atoms with Gasteiger partial charge in [0, 0.05) is 10.8 Å². The van der Waals surface area contributed by atoms with Gasteiger partial charge in [-0.3, -0.25) is 0 Å². The fourth-order valence-corrected chi connectivity index (χ4v) is 13.8.